The molecule has 2 aromatic rings. The van der Waals surface area contributed by atoms with Crippen molar-refractivity contribution in [2.45, 2.75) is 31.8 Å². The van der Waals surface area contributed by atoms with E-state index in [4.69, 9.17) is 4.74 Å². The maximum absolute atomic E-state index is 12.5. The van der Waals surface area contributed by atoms with Gasteiger partial charge in [0.1, 0.15) is 11.8 Å². The Hall–Kier alpha value is -2.34. The van der Waals surface area contributed by atoms with Crippen molar-refractivity contribution in [2.75, 3.05) is 26.7 Å². The van der Waals surface area contributed by atoms with Gasteiger partial charge in [0, 0.05) is 18.9 Å². The van der Waals surface area contributed by atoms with Gasteiger partial charge in [-0.3, -0.25) is 14.4 Å². The Balaban J connectivity index is 1.70. The van der Waals surface area contributed by atoms with Crippen LogP contribution in [0.15, 0.2) is 42.7 Å². The molecule has 0 aliphatic carbocycles. The first kappa shape index (κ1) is 17.5. The molecule has 0 spiro atoms. The van der Waals surface area contributed by atoms with Crippen LogP contribution in [0.1, 0.15) is 37.4 Å². The van der Waals surface area contributed by atoms with Crippen LogP contribution in [0.2, 0.25) is 0 Å². The van der Waals surface area contributed by atoms with Crippen molar-refractivity contribution in [1.29, 1.82) is 0 Å². The van der Waals surface area contributed by atoms with Gasteiger partial charge in [-0.15, -0.1) is 0 Å². The Morgan fingerprint density at radius 3 is 2.80 bits per heavy atom. The third-order valence-electron chi connectivity index (χ3n) is 4.83. The number of nitrogens with zero attached hydrogens (tertiary/aromatic N) is 3. The lowest BCUT2D eigenvalue weighted by Gasteiger charge is -2.29. The van der Waals surface area contributed by atoms with Gasteiger partial charge in [-0.05, 0) is 56.6 Å². The largest absolute Gasteiger partial charge is 0.497 e. The molecule has 1 aromatic heterocycles. The lowest BCUT2D eigenvalue weighted by molar-refractivity contribution is -0.124. The van der Waals surface area contributed by atoms with Gasteiger partial charge >= 0.3 is 0 Å². The van der Waals surface area contributed by atoms with Gasteiger partial charge in [-0.25, -0.2) is 0 Å². The minimum absolute atomic E-state index is 0.0178. The standard InChI is InChI=1S/C19H26N4O2/c1-15(23-12-6-9-21-23)19(24)20-14-18(22-10-3-4-11-22)16-7-5-8-17(13-16)25-2/h5-9,12-13,15,18H,3-4,10-11,14H2,1-2H3,(H,20,24). The molecule has 1 aliphatic rings. The molecule has 1 fully saturated rings. The zero-order valence-corrected chi connectivity index (χ0v) is 14.9. The van der Waals surface area contributed by atoms with Crippen LogP contribution in [0.5, 0.6) is 5.75 Å². The third kappa shape index (κ3) is 4.20. The van der Waals surface area contributed by atoms with E-state index in [9.17, 15) is 4.79 Å². The average molecular weight is 342 g/mol. The minimum atomic E-state index is -0.320. The smallest absolute Gasteiger partial charge is 0.244 e. The fraction of sp³-hybridized carbons (Fsp3) is 0.474. The second-order valence-electron chi connectivity index (χ2n) is 6.44. The Kier molecular flexibility index (Phi) is 5.71. The molecule has 1 N–H and O–H groups in total. The van der Waals surface area contributed by atoms with Gasteiger partial charge in [-0.1, -0.05) is 12.1 Å². The zero-order valence-electron chi connectivity index (χ0n) is 14.9. The molecule has 25 heavy (non-hydrogen) atoms. The monoisotopic (exact) mass is 342 g/mol. The van der Waals surface area contributed by atoms with E-state index >= 15 is 0 Å². The molecule has 2 atom stereocenters. The summed E-state index contributed by atoms with van der Waals surface area (Å²) in [5, 5.41) is 7.25. The number of carbonyl (C=O) groups excluding carboxylic acids is 1. The first-order valence-electron chi connectivity index (χ1n) is 8.84. The van der Waals surface area contributed by atoms with Crippen LogP contribution >= 0.6 is 0 Å². The van der Waals surface area contributed by atoms with Crippen LogP contribution in [-0.4, -0.2) is 47.3 Å². The molecule has 3 rings (SSSR count). The summed E-state index contributed by atoms with van der Waals surface area (Å²) in [4.78, 5) is 14.9. The molecule has 0 radical (unpaired) electrons. The van der Waals surface area contributed by atoms with Crippen molar-refractivity contribution >= 4 is 5.91 Å². The molecule has 1 aromatic carbocycles. The fourth-order valence-corrected chi connectivity index (χ4v) is 3.33. The lowest BCUT2D eigenvalue weighted by Crippen LogP contribution is -2.39. The zero-order chi connectivity index (χ0) is 17.6. The number of hydrogen-bond donors (Lipinski definition) is 1. The summed E-state index contributed by atoms with van der Waals surface area (Å²) in [5.74, 6) is 0.828. The third-order valence-corrected chi connectivity index (χ3v) is 4.83. The fourth-order valence-electron chi connectivity index (χ4n) is 3.33. The Bertz CT molecular complexity index is 680. The number of benzene rings is 1. The van der Waals surface area contributed by atoms with Crippen LogP contribution in [0.3, 0.4) is 0 Å². The summed E-state index contributed by atoms with van der Waals surface area (Å²) >= 11 is 0. The van der Waals surface area contributed by atoms with Crippen molar-refractivity contribution < 1.29 is 9.53 Å². The topological polar surface area (TPSA) is 59.4 Å². The molecular weight excluding hydrogens is 316 g/mol. The van der Waals surface area contributed by atoms with Crippen molar-refractivity contribution in [3.05, 3.63) is 48.3 Å². The normalized spacial score (nSPS) is 17.2. The van der Waals surface area contributed by atoms with E-state index in [2.05, 4.69) is 27.4 Å². The molecule has 0 bridgehead atoms. The number of amides is 1. The summed E-state index contributed by atoms with van der Waals surface area (Å²) in [6.07, 6.45) is 5.91. The number of hydrogen-bond acceptors (Lipinski definition) is 4. The molecule has 1 amide bonds. The molecule has 6 heteroatoms. The Morgan fingerprint density at radius 1 is 1.32 bits per heavy atom. The van der Waals surface area contributed by atoms with Crippen molar-refractivity contribution in [3.8, 4) is 5.75 Å². The first-order chi connectivity index (χ1) is 12.2. The van der Waals surface area contributed by atoms with E-state index in [1.54, 1.807) is 18.0 Å². The molecular formula is C19H26N4O2. The van der Waals surface area contributed by atoms with Crippen molar-refractivity contribution in [3.63, 3.8) is 0 Å². The molecule has 1 saturated heterocycles. The number of nitrogens with one attached hydrogen (secondary N) is 1. The number of rotatable bonds is 7. The molecule has 1 aliphatic heterocycles. The van der Waals surface area contributed by atoms with Crippen molar-refractivity contribution in [2.24, 2.45) is 0 Å². The highest BCUT2D eigenvalue weighted by molar-refractivity contribution is 5.79. The molecule has 0 saturated carbocycles. The second kappa shape index (κ2) is 8.16. The highest BCUT2D eigenvalue weighted by Gasteiger charge is 2.25. The minimum Gasteiger partial charge on any atom is -0.497 e. The van der Waals surface area contributed by atoms with Crippen LogP contribution in [0.4, 0.5) is 0 Å². The summed E-state index contributed by atoms with van der Waals surface area (Å²) < 4.78 is 7.04. The predicted molar refractivity (Wildman–Crippen MR) is 96.5 cm³/mol. The summed E-state index contributed by atoms with van der Waals surface area (Å²) in [5.41, 5.74) is 1.17. The van der Waals surface area contributed by atoms with Crippen LogP contribution < -0.4 is 10.1 Å². The van der Waals surface area contributed by atoms with E-state index < -0.39 is 0 Å². The van der Waals surface area contributed by atoms with Crippen LogP contribution in [0, 0.1) is 0 Å². The van der Waals surface area contributed by atoms with Crippen LogP contribution in [0.25, 0.3) is 0 Å². The van der Waals surface area contributed by atoms with Gasteiger partial charge in [0.25, 0.3) is 0 Å². The quantitative estimate of drug-likeness (QED) is 0.839. The van der Waals surface area contributed by atoms with E-state index in [1.165, 1.54) is 18.4 Å². The van der Waals surface area contributed by atoms with E-state index in [0.717, 1.165) is 18.8 Å². The SMILES string of the molecule is COc1cccc(C(CNC(=O)C(C)n2cccn2)N2CCCC2)c1. The first-order valence-corrected chi connectivity index (χ1v) is 8.84. The van der Waals surface area contributed by atoms with E-state index in [-0.39, 0.29) is 18.0 Å². The average Bonchev–Trinajstić information content (AvgIpc) is 3.35. The van der Waals surface area contributed by atoms with Gasteiger partial charge in [0.05, 0.1) is 13.2 Å². The number of ether oxygens (including phenoxy) is 1. The Labute approximate surface area is 148 Å². The highest BCUT2D eigenvalue weighted by Crippen LogP contribution is 2.27. The van der Waals surface area contributed by atoms with Gasteiger partial charge < -0.3 is 10.1 Å². The Morgan fingerprint density at radius 2 is 2.12 bits per heavy atom. The molecule has 134 valence electrons. The lowest BCUT2D eigenvalue weighted by atomic mass is 10.0. The van der Waals surface area contributed by atoms with E-state index in [0.29, 0.717) is 6.54 Å². The van der Waals surface area contributed by atoms with Gasteiger partial charge in [0.15, 0.2) is 0 Å². The molecule has 2 unspecified atom stereocenters. The summed E-state index contributed by atoms with van der Waals surface area (Å²) in [7, 11) is 1.68. The van der Waals surface area contributed by atoms with E-state index in [1.807, 2.05) is 31.3 Å². The maximum atomic E-state index is 12.5. The highest BCUT2D eigenvalue weighted by atomic mass is 16.5. The predicted octanol–water partition coefficient (Wildman–Crippen LogP) is 2.41. The van der Waals surface area contributed by atoms with Gasteiger partial charge in [0.2, 0.25) is 5.91 Å². The molecule has 6 nitrogen and oxygen atoms in total. The second-order valence-corrected chi connectivity index (χ2v) is 6.44. The van der Waals surface area contributed by atoms with Crippen LogP contribution in [-0.2, 0) is 4.79 Å². The number of aromatic nitrogens is 2. The van der Waals surface area contributed by atoms with Crippen molar-refractivity contribution in [1.82, 2.24) is 20.0 Å². The number of methoxy groups -OCH3 is 1. The summed E-state index contributed by atoms with van der Waals surface area (Å²) in [6, 6.07) is 9.79. The number of likely N-dealkylation sites (tertiary alicyclic amines) is 1. The molecule has 2 heterocycles. The maximum Gasteiger partial charge on any atom is 0.244 e. The van der Waals surface area contributed by atoms with Gasteiger partial charge in [-0.2, -0.15) is 5.10 Å². The number of carbonyl (C=O) groups is 1. The summed E-state index contributed by atoms with van der Waals surface area (Å²) in [6.45, 7) is 4.56.